The molecule has 2 heterocycles. The highest BCUT2D eigenvalue weighted by Crippen LogP contribution is 2.36. The molecule has 2 aliphatic heterocycles. The molecule has 2 saturated heterocycles. The minimum atomic E-state index is -0.530. The van der Waals surface area contributed by atoms with Gasteiger partial charge >= 0.3 is 12.1 Å². The molecule has 2 fully saturated rings. The molecule has 0 N–H and O–H groups in total. The van der Waals surface area contributed by atoms with Crippen LogP contribution in [0.4, 0.5) is 10.5 Å². The van der Waals surface area contributed by atoms with Gasteiger partial charge in [-0.05, 0) is 45.4 Å². The summed E-state index contributed by atoms with van der Waals surface area (Å²) in [5.74, 6) is -0.530. The summed E-state index contributed by atoms with van der Waals surface area (Å²) in [5, 5.41) is 0. The average Bonchev–Trinajstić information content (AvgIpc) is 3.19. The zero-order chi connectivity index (χ0) is 19.1. The molecule has 140 valence electrons. The fraction of sp³-hybridized carbons (Fsp3) is 0.526. The third kappa shape index (κ3) is 3.38. The number of rotatable bonds is 3. The van der Waals surface area contributed by atoms with Crippen LogP contribution in [0.2, 0.25) is 0 Å². The van der Waals surface area contributed by atoms with Crippen molar-refractivity contribution in [3.63, 3.8) is 0 Å². The second-order valence-electron chi connectivity index (χ2n) is 7.71. The van der Waals surface area contributed by atoms with Crippen molar-refractivity contribution in [2.75, 3.05) is 25.1 Å². The first-order chi connectivity index (χ1) is 12.2. The molecule has 0 saturated carbocycles. The topological polar surface area (TPSA) is 76.2 Å². The molecule has 2 unspecified atom stereocenters. The number of carbonyl (C=O) groups is 3. The van der Waals surface area contributed by atoms with Crippen LogP contribution >= 0.6 is 0 Å². The third-order valence-corrected chi connectivity index (χ3v) is 4.77. The number of piperazine rings is 1. The van der Waals surface area contributed by atoms with E-state index in [4.69, 9.17) is 9.47 Å². The molecule has 0 aliphatic carbocycles. The molecule has 1 aromatic rings. The monoisotopic (exact) mass is 360 g/mol. The maximum Gasteiger partial charge on any atom is 0.410 e. The van der Waals surface area contributed by atoms with Crippen LogP contribution < -0.4 is 4.90 Å². The van der Waals surface area contributed by atoms with Crippen molar-refractivity contribution < 1.29 is 23.9 Å². The number of benzene rings is 1. The molecule has 2 atom stereocenters. The van der Waals surface area contributed by atoms with Crippen molar-refractivity contribution in [3.8, 4) is 0 Å². The predicted molar refractivity (Wildman–Crippen MR) is 95.6 cm³/mol. The normalized spacial score (nSPS) is 21.7. The Morgan fingerprint density at radius 3 is 2.46 bits per heavy atom. The number of ether oxygens (including phenoxy) is 2. The Kier molecular flexibility index (Phi) is 4.64. The van der Waals surface area contributed by atoms with Gasteiger partial charge in [0.1, 0.15) is 5.60 Å². The lowest BCUT2D eigenvalue weighted by atomic mass is 10.1. The van der Waals surface area contributed by atoms with Crippen molar-refractivity contribution in [2.24, 2.45) is 0 Å². The van der Waals surface area contributed by atoms with Gasteiger partial charge in [0.25, 0.3) is 0 Å². The van der Waals surface area contributed by atoms with E-state index in [9.17, 15) is 14.4 Å². The minimum Gasteiger partial charge on any atom is -0.465 e. The molecule has 26 heavy (non-hydrogen) atoms. The van der Waals surface area contributed by atoms with E-state index in [0.717, 1.165) is 12.1 Å². The van der Waals surface area contributed by atoms with E-state index < -0.39 is 11.6 Å². The van der Waals surface area contributed by atoms with E-state index >= 15 is 0 Å². The Morgan fingerprint density at radius 2 is 1.92 bits per heavy atom. The van der Waals surface area contributed by atoms with Crippen LogP contribution in [-0.2, 0) is 9.47 Å². The summed E-state index contributed by atoms with van der Waals surface area (Å²) in [6, 6.07) is 5.41. The zero-order valence-electron chi connectivity index (χ0n) is 15.5. The number of amides is 1. The molecular formula is C19H24N2O5. The van der Waals surface area contributed by atoms with Gasteiger partial charge < -0.3 is 19.3 Å². The summed E-state index contributed by atoms with van der Waals surface area (Å²) in [6.07, 6.45) is 1.25. The number of likely N-dealkylation sites (tertiary alicyclic amines) is 1. The van der Waals surface area contributed by atoms with Crippen LogP contribution in [0.1, 0.15) is 47.9 Å². The number of fused-ring (bicyclic) bond motifs is 2. The summed E-state index contributed by atoms with van der Waals surface area (Å²) in [5.41, 5.74) is 0.921. The van der Waals surface area contributed by atoms with Crippen LogP contribution in [0.5, 0.6) is 0 Å². The summed E-state index contributed by atoms with van der Waals surface area (Å²) in [6.45, 7) is 6.84. The molecular weight excluding hydrogens is 336 g/mol. The van der Waals surface area contributed by atoms with E-state index in [0.29, 0.717) is 24.9 Å². The van der Waals surface area contributed by atoms with Gasteiger partial charge in [0, 0.05) is 30.4 Å². The molecule has 0 radical (unpaired) electrons. The molecule has 1 amide bonds. The van der Waals surface area contributed by atoms with Crippen LogP contribution in [0.15, 0.2) is 18.2 Å². The summed E-state index contributed by atoms with van der Waals surface area (Å²) in [7, 11) is 1.29. The van der Waals surface area contributed by atoms with Gasteiger partial charge in [0.2, 0.25) is 0 Å². The first-order valence-electron chi connectivity index (χ1n) is 8.67. The van der Waals surface area contributed by atoms with E-state index in [2.05, 4.69) is 4.90 Å². The predicted octanol–water partition coefficient (Wildman–Crippen LogP) is 2.48. The molecule has 7 heteroatoms. The molecule has 7 nitrogen and oxygen atoms in total. The highest BCUT2D eigenvalue weighted by atomic mass is 16.6. The number of nitrogens with zero attached hydrogens (tertiary/aromatic N) is 2. The SMILES string of the molecule is COC(=O)c1ccc(N2CC3CC2CN3C(=O)OC(C)(C)C)cc1C=O. The lowest BCUT2D eigenvalue weighted by Crippen LogP contribution is -2.50. The number of aldehydes is 1. The van der Waals surface area contributed by atoms with Crippen molar-refractivity contribution >= 4 is 24.0 Å². The number of esters is 1. The Bertz CT molecular complexity index is 740. The highest BCUT2D eigenvalue weighted by molar-refractivity contribution is 5.99. The maximum atomic E-state index is 12.3. The van der Waals surface area contributed by atoms with Crippen molar-refractivity contribution in [2.45, 2.75) is 44.9 Å². The van der Waals surface area contributed by atoms with Crippen molar-refractivity contribution in [1.82, 2.24) is 4.90 Å². The second kappa shape index (κ2) is 6.63. The Hall–Kier alpha value is -2.57. The molecule has 3 rings (SSSR count). The molecule has 2 aliphatic rings. The quantitative estimate of drug-likeness (QED) is 0.609. The second-order valence-corrected chi connectivity index (χ2v) is 7.71. The molecule has 0 spiro atoms. The number of anilines is 1. The molecule has 1 aromatic carbocycles. The Labute approximate surface area is 152 Å². The van der Waals surface area contributed by atoms with Crippen molar-refractivity contribution in [1.29, 1.82) is 0 Å². The largest absolute Gasteiger partial charge is 0.465 e. The van der Waals surface area contributed by atoms with Crippen LogP contribution in [-0.4, -0.2) is 61.1 Å². The van der Waals surface area contributed by atoms with E-state index in [-0.39, 0.29) is 23.7 Å². The Balaban J connectivity index is 1.74. The lowest BCUT2D eigenvalue weighted by molar-refractivity contribution is 0.0214. The zero-order valence-corrected chi connectivity index (χ0v) is 15.5. The fourth-order valence-corrected chi connectivity index (χ4v) is 3.65. The van der Waals surface area contributed by atoms with E-state index in [1.807, 2.05) is 26.8 Å². The average molecular weight is 360 g/mol. The lowest BCUT2D eigenvalue weighted by Gasteiger charge is -2.36. The van der Waals surface area contributed by atoms with Crippen LogP contribution in [0, 0.1) is 0 Å². The van der Waals surface area contributed by atoms with Gasteiger partial charge in [0.15, 0.2) is 6.29 Å². The summed E-state index contributed by atoms with van der Waals surface area (Å²) in [4.78, 5) is 39.4. The van der Waals surface area contributed by atoms with Gasteiger partial charge in [-0.1, -0.05) is 0 Å². The third-order valence-electron chi connectivity index (χ3n) is 4.77. The standard InChI is InChI=1S/C19H24N2O5/c1-19(2,3)26-18(24)21-10-14-8-15(21)9-20(14)13-5-6-16(17(23)25-4)12(7-13)11-22/h5-7,11,14-15H,8-10H2,1-4H3. The van der Waals surface area contributed by atoms with Crippen molar-refractivity contribution in [3.05, 3.63) is 29.3 Å². The number of hydrogen-bond donors (Lipinski definition) is 0. The van der Waals surface area contributed by atoms with Crippen LogP contribution in [0.3, 0.4) is 0 Å². The number of methoxy groups -OCH3 is 1. The number of carbonyl (C=O) groups excluding carboxylic acids is 3. The summed E-state index contributed by atoms with van der Waals surface area (Å²) >= 11 is 0. The number of hydrogen-bond acceptors (Lipinski definition) is 6. The van der Waals surface area contributed by atoms with Gasteiger partial charge in [-0.3, -0.25) is 4.79 Å². The van der Waals surface area contributed by atoms with E-state index in [1.165, 1.54) is 7.11 Å². The fourth-order valence-electron chi connectivity index (χ4n) is 3.65. The summed E-state index contributed by atoms with van der Waals surface area (Å²) < 4.78 is 10.2. The smallest absolute Gasteiger partial charge is 0.410 e. The highest BCUT2D eigenvalue weighted by Gasteiger charge is 2.46. The van der Waals surface area contributed by atoms with Crippen LogP contribution in [0.25, 0.3) is 0 Å². The molecule has 0 aromatic heterocycles. The van der Waals surface area contributed by atoms with E-state index in [1.54, 1.807) is 17.0 Å². The Morgan fingerprint density at radius 1 is 1.19 bits per heavy atom. The van der Waals surface area contributed by atoms with Gasteiger partial charge in [-0.15, -0.1) is 0 Å². The minimum absolute atomic E-state index is 0.0924. The first-order valence-corrected chi connectivity index (χ1v) is 8.67. The first kappa shape index (κ1) is 18.2. The van der Waals surface area contributed by atoms with Gasteiger partial charge in [-0.2, -0.15) is 0 Å². The van der Waals surface area contributed by atoms with Gasteiger partial charge in [0.05, 0.1) is 18.7 Å². The maximum absolute atomic E-state index is 12.3. The van der Waals surface area contributed by atoms with Gasteiger partial charge in [-0.25, -0.2) is 9.59 Å². The molecule has 2 bridgehead atoms.